The lowest BCUT2D eigenvalue weighted by molar-refractivity contribution is -0.131. The maximum Gasteiger partial charge on any atom is 0.248 e. The third kappa shape index (κ3) is 7.56. The highest BCUT2D eigenvalue weighted by molar-refractivity contribution is 9.10. The van der Waals surface area contributed by atoms with Crippen molar-refractivity contribution in [3.63, 3.8) is 0 Å². The second-order valence-corrected chi connectivity index (χ2v) is 5.88. The molecule has 1 atom stereocenters. The van der Waals surface area contributed by atoms with Gasteiger partial charge in [0.2, 0.25) is 11.8 Å². The molecule has 0 bridgehead atoms. The van der Waals surface area contributed by atoms with Crippen molar-refractivity contribution in [2.75, 3.05) is 18.5 Å². The number of nitrogens with one attached hydrogen (secondary N) is 2. The van der Waals surface area contributed by atoms with Gasteiger partial charge in [-0.2, -0.15) is 0 Å². The number of anilines is 1. The number of carbonyl (C=O) groups is 2. The Labute approximate surface area is 139 Å². The van der Waals surface area contributed by atoms with Crippen molar-refractivity contribution in [1.82, 2.24) is 5.32 Å². The highest BCUT2D eigenvalue weighted by Crippen LogP contribution is 2.14. The first-order chi connectivity index (χ1) is 10.5. The Morgan fingerprint density at radius 1 is 1.27 bits per heavy atom. The number of hydrogen-bond donors (Lipinski definition) is 2. The maximum atomic E-state index is 11.8. The van der Waals surface area contributed by atoms with Crippen molar-refractivity contribution in [1.29, 1.82) is 0 Å². The van der Waals surface area contributed by atoms with E-state index in [4.69, 9.17) is 4.74 Å². The van der Waals surface area contributed by atoms with Gasteiger partial charge in [0.25, 0.3) is 0 Å². The normalized spacial score (nSPS) is 11.8. The fraction of sp³-hybridized carbons (Fsp3) is 0.500. The van der Waals surface area contributed by atoms with Crippen LogP contribution in [-0.2, 0) is 14.3 Å². The third-order valence-electron chi connectivity index (χ3n) is 3.01. The van der Waals surface area contributed by atoms with Crippen LogP contribution in [0.25, 0.3) is 0 Å². The van der Waals surface area contributed by atoms with Gasteiger partial charge >= 0.3 is 0 Å². The average Bonchev–Trinajstić information content (AvgIpc) is 2.49. The number of unbranched alkanes of at least 4 members (excludes halogenated alkanes) is 1. The molecule has 0 saturated carbocycles. The summed E-state index contributed by atoms with van der Waals surface area (Å²) in [7, 11) is 0. The molecule has 22 heavy (non-hydrogen) atoms. The second kappa shape index (κ2) is 10.3. The highest BCUT2D eigenvalue weighted by Gasteiger charge is 2.12. The van der Waals surface area contributed by atoms with E-state index in [0.29, 0.717) is 13.2 Å². The molecule has 122 valence electrons. The van der Waals surface area contributed by atoms with Gasteiger partial charge in [-0.25, -0.2) is 0 Å². The van der Waals surface area contributed by atoms with Crippen LogP contribution in [0.2, 0.25) is 0 Å². The number of ether oxygens (including phenoxy) is 1. The molecule has 0 radical (unpaired) electrons. The highest BCUT2D eigenvalue weighted by atomic mass is 79.9. The van der Waals surface area contributed by atoms with E-state index in [2.05, 4.69) is 33.5 Å². The lowest BCUT2D eigenvalue weighted by Gasteiger charge is -2.13. The Balaban J connectivity index is 2.21. The van der Waals surface area contributed by atoms with Gasteiger partial charge < -0.3 is 15.4 Å². The second-order valence-electron chi connectivity index (χ2n) is 4.96. The summed E-state index contributed by atoms with van der Waals surface area (Å²) in [5.41, 5.74) is 0.732. The zero-order valence-corrected chi connectivity index (χ0v) is 14.6. The van der Waals surface area contributed by atoms with Crippen LogP contribution in [0.15, 0.2) is 28.7 Å². The van der Waals surface area contributed by atoms with E-state index in [1.165, 1.54) is 0 Å². The number of hydrogen-bond acceptors (Lipinski definition) is 3. The molecule has 2 amide bonds. The van der Waals surface area contributed by atoms with Gasteiger partial charge in [-0.15, -0.1) is 0 Å². The monoisotopic (exact) mass is 370 g/mol. The summed E-state index contributed by atoms with van der Waals surface area (Å²) in [5.74, 6) is -0.324. The van der Waals surface area contributed by atoms with Crippen LogP contribution in [0.3, 0.4) is 0 Å². The van der Waals surface area contributed by atoms with Gasteiger partial charge in [0.05, 0.1) is 0 Å². The predicted molar refractivity (Wildman–Crippen MR) is 90.7 cm³/mol. The van der Waals surface area contributed by atoms with Gasteiger partial charge in [-0.1, -0.05) is 29.3 Å². The summed E-state index contributed by atoms with van der Waals surface area (Å²) in [5, 5.41) is 5.47. The molecular weight excluding hydrogens is 348 g/mol. The summed E-state index contributed by atoms with van der Waals surface area (Å²) in [4.78, 5) is 23.5. The average molecular weight is 371 g/mol. The zero-order chi connectivity index (χ0) is 16.4. The predicted octanol–water partition coefficient (Wildman–Crippen LogP) is 3.10. The minimum absolute atomic E-state index is 0.137. The topological polar surface area (TPSA) is 67.4 Å². The number of amides is 2. The number of carbonyl (C=O) groups excluding carboxylic acids is 2. The fourth-order valence-electron chi connectivity index (χ4n) is 1.68. The molecule has 1 rings (SSSR count). The van der Waals surface area contributed by atoms with E-state index in [1.54, 1.807) is 6.92 Å². The van der Waals surface area contributed by atoms with Crippen LogP contribution >= 0.6 is 15.9 Å². The fourth-order valence-corrected chi connectivity index (χ4v) is 1.94. The maximum absolute atomic E-state index is 11.8. The number of halogens is 1. The molecule has 5 nitrogen and oxygen atoms in total. The van der Waals surface area contributed by atoms with Crippen molar-refractivity contribution in [3.05, 3.63) is 28.7 Å². The minimum atomic E-state index is -0.485. The van der Waals surface area contributed by atoms with E-state index < -0.39 is 6.10 Å². The largest absolute Gasteiger partial charge is 0.369 e. The molecule has 1 unspecified atom stereocenters. The lowest BCUT2D eigenvalue weighted by Crippen LogP contribution is -2.36. The van der Waals surface area contributed by atoms with Gasteiger partial charge in [0.1, 0.15) is 6.10 Å². The van der Waals surface area contributed by atoms with Gasteiger partial charge in [-0.3, -0.25) is 9.59 Å². The third-order valence-corrected chi connectivity index (χ3v) is 3.54. The summed E-state index contributed by atoms with van der Waals surface area (Å²) >= 11 is 3.33. The van der Waals surface area contributed by atoms with Gasteiger partial charge in [0.15, 0.2) is 0 Å². The summed E-state index contributed by atoms with van der Waals surface area (Å²) in [6.07, 6.45) is 1.71. The van der Waals surface area contributed by atoms with Gasteiger partial charge in [0, 0.05) is 29.7 Å². The summed E-state index contributed by atoms with van der Waals surface area (Å²) < 4.78 is 6.35. The summed E-state index contributed by atoms with van der Waals surface area (Å²) in [6, 6.07) is 7.33. The molecule has 0 spiro atoms. The number of rotatable bonds is 9. The Bertz CT molecular complexity index is 477. The van der Waals surface area contributed by atoms with E-state index >= 15 is 0 Å². The van der Waals surface area contributed by atoms with Crippen LogP contribution in [0, 0.1) is 0 Å². The molecule has 0 heterocycles. The van der Waals surface area contributed by atoms with Crippen molar-refractivity contribution >= 4 is 33.4 Å². The molecule has 1 aromatic carbocycles. The van der Waals surface area contributed by atoms with Gasteiger partial charge in [-0.05, 0) is 37.6 Å². The van der Waals surface area contributed by atoms with E-state index in [0.717, 1.165) is 23.0 Å². The first-order valence-electron chi connectivity index (χ1n) is 7.47. The van der Waals surface area contributed by atoms with Crippen LogP contribution in [0.1, 0.15) is 33.1 Å². The first-order valence-corrected chi connectivity index (χ1v) is 8.27. The minimum Gasteiger partial charge on any atom is -0.369 e. The SMILES string of the molecule is CCCCOC(C)C(=O)NCCC(=O)Nc1ccc(Br)cc1. The van der Waals surface area contributed by atoms with Crippen molar-refractivity contribution < 1.29 is 14.3 Å². The molecule has 0 fully saturated rings. The van der Waals surface area contributed by atoms with Crippen LogP contribution in [0.4, 0.5) is 5.69 Å². The molecular formula is C16H23BrN2O3. The molecule has 6 heteroatoms. The molecule has 0 aliphatic rings. The Morgan fingerprint density at radius 3 is 2.59 bits per heavy atom. The molecule has 0 aromatic heterocycles. The quantitative estimate of drug-likeness (QED) is 0.656. The standard InChI is InChI=1S/C16H23BrN2O3/c1-3-4-11-22-12(2)16(21)18-10-9-15(20)19-14-7-5-13(17)6-8-14/h5-8,12H,3-4,9-11H2,1-2H3,(H,18,21)(H,19,20). The van der Waals surface area contributed by atoms with Crippen molar-refractivity contribution in [2.45, 2.75) is 39.2 Å². The Hall–Kier alpha value is -1.40. The Morgan fingerprint density at radius 2 is 1.95 bits per heavy atom. The van der Waals surface area contributed by atoms with Crippen molar-refractivity contribution in [2.24, 2.45) is 0 Å². The van der Waals surface area contributed by atoms with Crippen LogP contribution in [-0.4, -0.2) is 31.1 Å². The lowest BCUT2D eigenvalue weighted by atomic mass is 10.3. The molecule has 0 aliphatic carbocycles. The molecule has 0 saturated heterocycles. The number of benzene rings is 1. The first kappa shape index (κ1) is 18.6. The molecule has 2 N–H and O–H groups in total. The molecule has 0 aliphatic heterocycles. The van der Waals surface area contributed by atoms with Crippen LogP contribution < -0.4 is 10.6 Å². The summed E-state index contributed by atoms with van der Waals surface area (Å²) in [6.45, 7) is 4.66. The van der Waals surface area contributed by atoms with E-state index in [-0.39, 0.29) is 18.2 Å². The Kier molecular flexibility index (Phi) is 8.77. The van der Waals surface area contributed by atoms with E-state index in [9.17, 15) is 9.59 Å². The van der Waals surface area contributed by atoms with E-state index in [1.807, 2.05) is 24.3 Å². The van der Waals surface area contributed by atoms with Crippen LogP contribution in [0.5, 0.6) is 0 Å². The molecule has 1 aromatic rings. The zero-order valence-electron chi connectivity index (χ0n) is 13.0. The smallest absolute Gasteiger partial charge is 0.248 e. The van der Waals surface area contributed by atoms with Crippen molar-refractivity contribution in [3.8, 4) is 0 Å².